The molecule has 1 heterocycles. The van der Waals surface area contributed by atoms with Crippen LogP contribution in [0.2, 0.25) is 0 Å². The largest absolute Gasteiger partial charge is 0.464 e. The van der Waals surface area contributed by atoms with E-state index in [9.17, 15) is 0 Å². The van der Waals surface area contributed by atoms with E-state index < -0.39 is 0 Å². The van der Waals surface area contributed by atoms with Crippen molar-refractivity contribution in [1.82, 2.24) is 15.0 Å². The lowest BCUT2D eigenvalue weighted by Gasteiger charge is -2.22. The Balaban J connectivity index is 2.15. The lowest BCUT2D eigenvalue weighted by atomic mass is 10.3. The zero-order valence-corrected chi connectivity index (χ0v) is 11.1. The smallest absolute Gasteiger partial charge is 0.323 e. The van der Waals surface area contributed by atoms with E-state index in [2.05, 4.69) is 26.8 Å². The first-order valence-corrected chi connectivity index (χ1v) is 6.62. The molecular weight excluding hydrogens is 230 g/mol. The molecule has 18 heavy (non-hydrogen) atoms. The summed E-state index contributed by atoms with van der Waals surface area (Å²) in [5.41, 5.74) is 5.70. The van der Waals surface area contributed by atoms with E-state index in [0.29, 0.717) is 18.6 Å². The third kappa shape index (κ3) is 3.45. The fourth-order valence-corrected chi connectivity index (χ4v) is 1.85. The predicted molar refractivity (Wildman–Crippen MR) is 70.6 cm³/mol. The van der Waals surface area contributed by atoms with Gasteiger partial charge in [0.2, 0.25) is 11.9 Å². The highest BCUT2D eigenvalue weighted by Crippen LogP contribution is 2.31. The van der Waals surface area contributed by atoms with Gasteiger partial charge in [0.1, 0.15) is 0 Å². The number of nitrogen functional groups attached to an aromatic ring is 1. The average Bonchev–Trinajstić information content (AvgIpc) is 3.12. The first-order chi connectivity index (χ1) is 8.72. The van der Waals surface area contributed by atoms with Gasteiger partial charge in [-0.25, -0.2) is 0 Å². The molecule has 0 amide bonds. The molecule has 0 bridgehead atoms. The van der Waals surface area contributed by atoms with Crippen molar-refractivity contribution in [1.29, 1.82) is 0 Å². The van der Waals surface area contributed by atoms with E-state index in [1.54, 1.807) is 0 Å². The summed E-state index contributed by atoms with van der Waals surface area (Å²) >= 11 is 0. The van der Waals surface area contributed by atoms with Crippen LogP contribution in [0.3, 0.4) is 0 Å². The summed E-state index contributed by atoms with van der Waals surface area (Å²) in [6.07, 6.45) is 3.67. The molecule has 2 N–H and O–H groups in total. The summed E-state index contributed by atoms with van der Waals surface area (Å²) in [4.78, 5) is 14.7. The quantitative estimate of drug-likeness (QED) is 0.791. The first kappa shape index (κ1) is 12.9. The molecule has 1 aliphatic carbocycles. The highest BCUT2D eigenvalue weighted by Gasteiger charge is 2.25. The SMILES string of the molecule is CCCN(CC1CC1)c1nc(N)nc(OCC)n1. The van der Waals surface area contributed by atoms with Gasteiger partial charge in [-0.15, -0.1) is 0 Å². The van der Waals surface area contributed by atoms with Crippen LogP contribution in [0, 0.1) is 5.92 Å². The average molecular weight is 251 g/mol. The molecule has 1 aromatic rings. The number of hydrogen-bond acceptors (Lipinski definition) is 6. The van der Waals surface area contributed by atoms with Gasteiger partial charge in [-0.1, -0.05) is 6.92 Å². The summed E-state index contributed by atoms with van der Waals surface area (Å²) < 4.78 is 5.31. The Labute approximate surface area is 108 Å². The fraction of sp³-hybridized carbons (Fsp3) is 0.750. The second kappa shape index (κ2) is 5.84. The lowest BCUT2D eigenvalue weighted by Crippen LogP contribution is -2.29. The standard InChI is InChI=1S/C12H21N5O/c1-3-7-17(8-9-5-6-9)11-14-10(13)15-12(16-11)18-4-2/h9H,3-8H2,1-2H3,(H2,13,14,15,16). The molecule has 0 spiro atoms. The molecule has 1 saturated carbocycles. The van der Waals surface area contributed by atoms with E-state index in [-0.39, 0.29) is 5.95 Å². The molecule has 0 atom stereocenters. The number of anilines is 2. The molecule has 1 aliphatic rings. The molecule has 1 aromatic heterocycles. The monoisotopic (exact) mass is 251 g/mol. The van der Waals surface area contributed by atoms with E-state index in [1.165, 1.54) is 12.8 Å². The van der Waals surface area contributed by atoms with Crippen molar-refractivity contribution in [2.45, 2.75) is 33.1 Å². The van der Waals surface area contributed by atoms with E-state index in [0.717, 1.165) is 25.4 Å². The zero-order chi connectivity index (χ0) is 13.0. The van der Waals surface area contributed by atoms with Crippen LogP contribution in [0.4, 0.5) is 11.9 Å². The van der Waals surface area contributed by atoms with Crippen LogP contribution in [-0.4, -0.2) is 34.6 Å². The summed E-state index contributed by atoms with van der Waals surface area (Å²) in [6, 6.07) is 0.317. The van der Waals surface area contributed by atoms with Gasteiger partial charge in [-0.2, -0.15) is 15.0 Å². The van der Waals surface area contributed by atoms with Gasteiger partial charge in [0, 0.05) is 13.1 Å². The van der Waals surface area contributed by atoms with Crippen LogP contribution >= 0.6 is 0 Å². The Hall–Kier alpha value is -1.59. The molecule has 0 saturated heterocycles. The Morgan fingerprint density at radius 3 is 2.67 bits per heavy atom. The maximum Gasteiger partial charge on any atom is 0.323 e. The van der Waals surface area contributed by atoms with E-state index in [4.69, 9.17) is 10.5 Å². The van der Waals surface area contributed by atoms with Crippen LogP contribution in [0.5, 0.6) is 6.01 Å². The second-order valence-corrected chi connectivity index (χ2v) is 4.60. The van der Waals surface area contributed by atoms with Crippen molar-refractivity contribution >= 4 is 11.9 Å². The number of rotatable bonds is 7. The maximum absolute atomic E-state index is 5.70. The summed E-state index contributed by atoms with van der Waals surface area (Å²) in [6.45, 7) is 6.51. The van der Waals surface area contributed by atoms with Crippen molar-refractivity contribution in [3.05, 3.63) is 0 Å². The summed E-state index contributed by atoms with van der Waals surface area (Å²) in [7, 11) is 0. The number of ether oxygens (including phenoxy) is 1. The Bertz CT molecular complexity index is 394. The molecular formula is C12H21N5O. The first-order valence-electron chi connectivity index (χ1n) is 6.62. The minimum absolute atomic E-state index is 0.223. The highest BCUT2D eigenvalue weighted by molar-refractivity contribution is 5.36. The van der Waals surface area contributed by atoms with Crippen LogP contribution < -0.4 is 15.4 Å². The fourth-order valence-electron chi connectivity index (χ4n) is 1.85. The van der Waals surface area contributed by atoms with Crippen LogP contribution in [0.25, 0.3) is 0 Å². The number of nitrogens with two attached hydrogens (primary N) is 1. The zero-order valence-electron chi connectivity index (χ0n) is 11.1. The number of nitrogens with zero attached hydrogens (tertiary/aromatic N) is 4. The third-order valence-corrected chi connectivity index (χ3v) is 2.85. The summed E-state index contributed by atoms with van der Waals surface area (Å²) in [5.74, 6) is 1.64. The van der Waals surface area contributed by atoms with Crippen LogP contribution in [0.1, 0.15) is 33.1 Å². The molecule has 0 radical (unpaired) electrons. The van der Waals surface area contributed by atoms with Crippen molar-refractivity contribution in [2.75, 3.05) is 30.3 Å². The van der Waals surface area contributed by atoms with Gasteiger partial charge >= 0.3 is 6.01 Å². The van der Waals surface area contributed by atoms with Gasteiger partial charge in [0.25, 0.3) is 0 Å². The van der Waals surface area contributed by atoms with Crippen molar-refractivity contribution in [2.24, 2.45) is 5.92 Å². The lowest BCUT2D eigenvalue weighted by molar-refractivity contribution is 0.312. The van der Waals surface area contributed by atoms with E-state index in [1.807, 2.05) is 6.92 Å². The third-order valence-electron chi connectivity index (χ3n) is 2.85. The maximum atomic E-state index is 5.70. The van der Waals surface area contributed by atoms with Gasteiger partial charge < -0.3 is 15.4 Å². The molecule has 6 nitrogen and oxygen atoms in total. The minimum Gasteiger partial charge on any atom is -0.464 e. The highest BCUT2D eigenvalue weighted by atomic mass is 16.5. The normalized spacial score (nSPS) is 14.6. The summed E-state index contributed by atoms with van der Waals surface area (Å²) in [5, 5.41) is 0. The second-order valence-electron chi connectivity index (χ2n) is 4.60. The van der Waals surface area contributed by atoms with Crippen LogP contribution in [0.15, 0.2) is 0 Å². The Kier molecular flexibility index (Phi) is 4.17. The van der Waals surface area contributed by atoms with Crippen molar-refractivity contribution in [3.63, 3.8) is 0 Å². The Morgan fingerprint density at radius 1 is 1.28 bits per heavy atom. The molecule has 0 aliphatic heterocycles. The molecule has 0 aromatic carbocycles. The number of hydrogen-bond donors (Lipinski definition) is 1. The minimum atomic E-state index is 0.223. The van der Waals surface area contributed by atoms with Gasteiger partial charge in [-0.05, 0) is 32.1 Å². The topological polar surface area (TPSA) is 77.2 Å². The van der Waals surface area contributed by atoms with E-state index >= 15 is 0 Å². The molecule has 0 unspecified atom stereocenters. The molecule has 100 valence electrons. The molecule has 1 fully saturated rings. The predicted octanol–water partition coefficient (Wildman–Crippen LogP) is 1.48. The molecule has 6 heteroatoms. The van der Waals surface area contributed by atoms with Gasteiger partial charge in [-0.3, -0.25) is 0 Å². The molecule has 2 rings (SSSR count). The van der Waals surface area contributed by atoms with Gasteiger partial charge in [0.05, 0.1) is 6.61 Å². The Morgan fingerprint density at radius 2 is 2.06 bits per heavy atom. The van der Waals surface area contributed by atoms with Gasteiger partial charge in [0.15, 0.2) is 0 Å². The van der Waals surface area contributed by atoms with Crippen molar-refractivity contribution < 1.29 is 4.74 Å². The number of aromatic nitrogens is 3. The van der Waals surface area contributed by atoms with Crippen LogP contribution in [-0.2, 0) is 0 Å². The van der Waals surface area contributed by atoms with Crippen molar-refractivity contribution in [3.8, 4) is 6.01 Å².